The zero-order valence-corrected chi connectivity index (χ0v) is 17.4. The molecule has 1 saturated carbocycles. The fourth-order valence-corrected chi connectivity index (χ4v) is 4.51. The average molecular weight is 407 g/mol. The second-order valence-corrected chi connectivity index (χ2v) is 8.29. The summed E-state index contributed by atoms with van der Waals surface area (Å²) >= 11 is 0. The third kappa shape index (κ3) is 5.02. The van der Waals surface area contributed by atoms with Gasteiger partial charge in [-0.25, -0.2) is 0 Å². The van der Waals surface area contributed by atoms with Crippen molar-refractivity contribution >= 4 is 17.5 Å². The number of benzene rings is 2. The number of rotatable bonds is 6. The molecule has 0 saturated heterocycles. The zero-order valence-electron chi connectivity index (χ0n) is 17.4. The van der Waals surface area contributed by atoms with Crippen LogP contribution in [0.2, 0.25) is 0 Å². The Morgan fingerprint density at radius 2 is 1.70 bits per heavy atom. The third-order valence-corrected chi connectivity index (χ3v) is 6.10. The lowest BCUT2D eigenvalue weighted by molar-refractivity contribution is -0.118. The molecular formula is C25H30N2O3. The molecule has 0 spiro atoms. The van der Waals surface area contributed by atoms with Gasteiger partial charge in [0.15, 0.2) is 6.61 Å². The predicted octanol–water partition coefficient (Wildman–Crippen LogP) is 4.65. The molecule has 0 unspecified atom stereocenters. The molecule has 2 aromatic rings. The number of aryl methyl sites for hydroxylation is 1. The first-order valence-corrected chi connectivity index (χ1v) is 11.1. The number of amides is 2. The van der Waals surface area contributed by atoms with Crippen LogP contribution in [0.25, 0.3) is 0 Å². The highest BCUT2D eigenvalue weighted by molar-refractivity contribution is 6.04. The minimum absolute atomic E-state index is 0.0744. The summed E-state index contributed by atoms with van der Waals surface area (Å²) in [6, 6.07) is 13.4. The van der Waals surface area contributed by atoms with Crippen LogP contribution >= 0.6 is 0 Å². The second-order valence-electron chi connectivity index (χ2n) is 8.29. The fourth-order valence-electron chi connectivity index (χ4n) is 4.51. The highest BCUT2D eigenvalue weighted by Crippen LogP contribution is 2.29. The lowest BCUT2D eigenvalue weighted by atomic mass is 9.91. The van der Waals surface area contributed by atoms with Crippen LogP contribution in [-0.2, 0) is 17.6 Å². The number of hydrogen-bond acceptors (Lipinski definition) is 3. The van der Waals surface area contributed by atoms with E-state index in [0.29, 0.717) is 11.3 Å². The molecule has 0 atom stereocenters. The highest BCUT2D eigenvalue weighted by Gasteiger charge is 2.20. The Balaban J connectivity index is 1.37. The first-order chi connectivity index (χ1) is 14.7. The Bertz CT molecular complexity index is 903. The summed E-state index contributed by atoms with van der Waals surface area (Å²) < 4.78 is 5.85. The number of carbonyl (C=O) groups is 2. The SMILES string of the molecule is O=C(COc1cccc2c1CCCC2)Nc1ccccc1C(=O)NC1CCCCC1. The molecule has 30 heavy (non-hydrogen) atoms. The molecule has 0 aliphatic heterocycles. The molecule has 2 amide bonds. The maximum Gasteiger partial charge on any atom is 0.262 e. The second kappa shape index (κ2) is 9.79. The average Bonchev–Trinajstić information content (AvgIpc) is 2.78. The van der Waals surface area contributed by atoms with Crippen LogP contribution in [-0.4, -0.2) is 24.5 Å². The number of anilines is 1. The summed E-state index contributed by atoms with van der Waals surface area (Å²) in [5.41, 5.74) is 3.57. The highest BCUT2D eigenvalue weighted by atomic mass is 16.5. The molecule has 5 heteroatoms. The lowest BCUT2D eigenvalue weighted by Gasteiger charge is -2.23. The lowest BCUT2D eigenvalue weighted by Crippen LogP contribution is -2.36. The molecule has 0 heterocycles. The molecular weight excluding hydrogens is 376 g/mol. The van der Waals surface area contributed by atoms with Gasteiger partial charge < -0.3 is 15.4 Å². The summed E-state index contributed by atoms with van der Waals surface area (Å²) in [5, 5.41) is 5.97. The first kappa shape index (κ1) is 20.5. The molecule has 158 valence electrons. The summed E-state index contributed by atoms with van der Waals surface area (Å²) in [7, 11) is 0. The molecule has 0 aromatic heterocycles. The maximum atomic E-state index is 12.8. The van der Waals surface area contributed by atoms with Gasteiger partial charge in [-0.15, -0.1) is 0 Å². The maximum absolute atomic E-state index is 12.8. The minimum Gasteiger partial charge on any atom is -0.483 e. The molecule has 4 rings (SSSR count). The largest absolute Gasteiger partial charge is 0.483 e. The Morgan fingerprint density at radius 1 is 0.900 bits per heavy atom. The van der Waals surface area contributed by atoms with Gasteiger partial charge in [0.05, 0.1) is 11.3 Å². The molecule has 0 bridgehead atoms. The smallest absolute Gasteiger partial charge is 0.262 e. The van der Waals surface area contributed by atoms with Gasteiger partial charge in [0, 0.05) is 6.04 Å². The van der Waals surface area contributed by atoms with E-state index >= 15 is 0 Å². The van der Waals surface area contributed by atoms with E-state index in [-0.39, 0.29) is 24.5 Å². The van der Waals surface area contributed by atoms with Crippen LogP contribution in [0.1, 0.15) is 66.4 Å². The van der Waals surface area contributed by atoms with Crippen molar-refractivity contribution in [3.05, 3.63) is 59.2 Å². The Hall–Kier alpha value is -2.82. The minimum atomic E-state index is -0.263. The van der Waals surface area contributed by atoms with Gasteiger partial charge >= 0.3 is 0 Å². The van der Waals surface area contributed by atoms with E-state index < -0.39 is 0 Å². The van der Waals surface area contributed by atoms with Gasteiger partial charge in [-0.1, -0.05) is 43.5 Å². The van der Waals surface area contributed by atoms with Crippen molar-refractivity contribution in [2.24, 2.45) is 0 Å². The summed E-state index contributed by atoms with van der Waals surface area (Å²) in [6.45, 7) is -0.0744. The van der Waals surface area contributed by atoms with Gasteiger partial charge in [-0.05, 0) is 67.9 Å². The Morgan fingerprint density at radius 3 is 2.57 bits per heavy atom. The summed E-state index contributed by atoms with van der Waals surface area (Å²) in [6.07, 6.45) is 10.0. The molecule has 5 nitrogen and oxygen atoms in total. The van der Waals surface area contributed by atoms with Crippen molar-refractivity contribution in [3.8, 4) is 5.75 Å². The number of carbonyl (C=O) groups excluding carboxylic acids is 2. The monoisotopic (exact) mass is 406 g/mol. The molecule has 2 aliphatic rings. The van der Waals surface area contributed by atoms with Crippen LogP contribution in [0.5, 0.6) is 5.75 Å². The van der Waals surface area contributed by atoms with Crippen molar-refractivity contribution in [1.29, 1.82) is 0 Å². The number of hydrogen-bond donors (Lipinski definition) is 2. The van der Waals surface area contributed by atoms with E-state index in [0.717, 1.165) is 50.7 Å². The zero-order chi connectivity index (χ0) is 20.8. The fraction of sp³-hybridized carbons (Fsp3) is 0.440. The van der Waals surface area contributed by atoms with Crippen molar-refractivity contribution < 1.29 is 14.3 Å². The number of fused-ring (bicyclic) bond motifs is 1. The van der Waals surface area contributed by atoms with E-state index in [2.05, 4.69) is 16.7 Å². The van der Waals surface area contributed by atoms with Crippen molar-refractivity contribution in [1.82, 2.24) is 5.32 Å². The van der Waals surface area contributed by atoms with Crippen molar-refractivity contribution in [3.63, 3.8) is 0 Å². The number of para-hydroxylation sites is 1. The van der Waals surface area contributed by atoms with Gasteiger partial charge in [0.1, 0.15) is 5.75 Å². The molecule has 2 aromatic carbocycles. The van der Waals surface area contributed by atoms with Gasteiger partial charge in [-0.2, -0.15) is 0 Å². The van der Waals surface area contributed by atoms with Crippen LogP contribution < -0.4 is 15.4 Å². The van der Waals surface area contributed by atoms with Gasteiger partial charge in [0.2, 0.25) is 0 Å². The topological polar surface area (TPSA) is 67.4 Å². The van der Waals surface area contributed by atoms with E-state index in [9.17, 15) is 9.59 Å². The van der Waals surface area contributed by atoms with Crippen molar-refractivity contribution in [2.75, 3.05) is 11.9 Å². The molecule has 0 radical (unpaired) electrons. The Labute approximate surface area is 178 Å². The summed E-state index contributed by atoms with van der Waals surface area (Å²) in [5.74, 6) is 0.405. The Kier molecular flexibility index (Phi) is 6.67. The molecule has 1 fully saturated rings. The number of nitrogens with one attached hydrogen (secondary N) is 2. The molecule has 2 N–H and O–H groups in total. The van der Waals surface area contributed by atoms with Crippen LogP contribution in [0, 0.1) is 0 Å². The van der Waals surface area contributed by atoms with Gasteiger partial charge in [-0.3, -0.25) is 9.59 Å². The first-order valence-electron chi connectivity index (χ1n) is 11.1. The molecule has 2 aliphatic carbocycles. The van der Waals surface area contributed by atoms with E-state index in [1.54, 1.807) is 12.1 Å². The predicted molar refractivity (Wildman–Crippen MR) is 118 cm³/mol. The van der Waals surface area contributed by atoms with Crippen molar-refractivity contribution in [2.45, 2.75) is 63.8 Å². The summed E-state index contributed by atoms with van der Waals surface area (Å²) in [4.78, 5) is 25.3. The van der Waals surface area contributed by atoms with E-state index in [4.69, 9.17) is 4.74 Å². The van der Waals surface area contributed by atoms with Gasteiger partial charge in [0.25, 0.3) is 11.8 Å². The van der Waals surface area contributed by atoms with Crippen LogP contribution in [0.15, 0.2) is 42.5 Å². The standard InChI is InChI=1S/C25H30N2O3/c28-24(17-30-23-16-8-10-18-9-4-5-13-20(18)23)27-22-15-7-6-14-21(22)25(29)26-19-11-2-1-3-12-19/h6-8,10,14-16,19H,1-5,9,11-13,17H2,(H,26,29)(H,27,28). The number of ether oxygens (including phenoxy) is 1. The van der Waals surface area contributed by atoms with Crippen LogP contribution in [0.4, 0.5) is 5.69 Å². The normalized spacial score (nSPS) is 16.4. The third-order valence-electron chi connectivity index (χ3n) is 6.10. The van der Waals surface area contributed by atoms with E-state index in [1.807, 2.05) is 24.3 Å². The van der Waals surface area contributed by atoms with Crippen LogP contribution in [0.3, 0.4) is 0 Å². The van der Waals surface area contributed by atoms with E-state index in [1.165, 1.54) is 24.0 Å². The quantitative estimate of drug-likeness (QED) is 0.734.